The fourth-order valence-electron chi connectivity index (χ4n) is 1.68. The van der Waals surface area contributed by atoms with Crippen LogP contribution in [0.2, 0.25) is 0 Å². The van der Waals surface area contributed by atoms with E-state index in [4.69, 9.17) is 4.74 Å². The third kappa shape index (κ3) is 1.70. The van der Waals surface area contributed by atoms with Gasteiger partial charge in [-0.1, -0.05) is 6.92 Å². The Hall–Kier alpha value is -1.14. The molecule has 0 spiro atoms. The predicted octanol–water partition coefficient (Wildman–Crippen LogP) is -0.783. The lowest BCUT2D eigenvalue weighted by molar-refractivity contribution is 0.388. The molecule has 0 atom stereocenters. The van der Waals surface area contributed by atoms with Gasteiger partial charge in [0.25, 0.3) is 0 Å². The quantitative estimate of drug-likeness (QED) is 0.637. The van der Waals surface area contributed by atoms with Crippen LogP contribution in [0.25, 0.3) is 0 Å². The van der Waals surface area contributed by atoms with E-state index in [1.165, 1.54) is 13.4 Å². The van der Waals surface area contributed by atoms with Crippen molar-refractivity contribution in [1.29, 1.82) is 0 Å². The molecule has 15 heavy (non-hydrogen) atoms. The lowest BCUT2D eigenvalue weighted by Crippen LogP contribution is -2.38. The number of rotatable bonds is 3. The van der Waals surface area contributed by atoms with Crippen LogP contribution in [-0.2, 0) is 5.41 Å². The minimum absolute atomic E-state index is 0.0464. The summed E-state index contributed by atoms with van der Waals surface area (Å²) in [4.78, 5) is 8.00. The maximum atomic E-state index is 9.30. The Balaban J connectivity index is 2.53. The van der Waals surface area contributed by atoms with Gasteiger partial charge in [0.05, 0.1) is 18.3 Å². The molecule has 1 aromatic heterocycles. The minimum atomic E-state index is -1.59. The summed E-state index contributed by atoms with van der Waals surface area (Å²) in [6.07, 6.45) is 3.41. The van der Waals surface area contributed by atoms with Gasteiger partial charge in [-0.15, -0.1) is 0 Å². The summed E-state index contributed by atoms with van der Waals surface area (Å²) in [5, 5.41) is 18.6. The number of aromatic nitrogens is 2. The van der Waals surface area contributed by atoms with Crippen molar-refractivity contribution in [3.05, 3.63) is 12.0 Å². The Labute approximate surface area is 88.3 Å². The van der Waals surface area contributed by atoms with Crippen LogP contribution in [0.3, 0.4) is 0 Å². The van der Waals surface area contributed by atoms with Crippen molar-refractivity contribution >= 4 is 12.6 Å². The number of hydrogen-bond donors (Lipinski definition) is 2. The number of ether oxygens (including phenoxy) is 1. The third-order valence-corrected chi connectivity index (χ3v) is 2.87. The summed E-state index contributed by atoms with van der Waals surface area (Å²) < 4.78 is 5.00. The van der Waals surface area contributed by atoms with Crippen molar-refractivity contribution in [2.24, 2.45) is 0 Å². The van der Waals surface area contributed by atoms with Crippen LogP contribution < -0.4 is 10.2 Å². The van der Waals surface area contributed by atoms with Crippen LogP contribution in [0.1, 0.15) is 25.5 Å². The van der Waals surface area contributed by atoms with Crippen LogP contribution in [0.15, 0.2) is 6.33 Å². The number of methoxy groups -OCH3 is 1. The molecule has 0 unspecified atom stereocenters. The smallest absolute Gasteiger partial charge is 0.481 e. The Kier molecular flexibility index (Phi) is 2.40. The van der Waals surface area contributed by atoms with E-state index < -0.39 is 7.12 Å². The normalized spacial score (nSPS) is 17.3. The van der Waals surface area contributed by atoms with Crippen LogP contribution >= 0.6 is 0 Å². The van der Waals surface area contributed by atoms with E-state index in [-0.39, 0.29) is 11.3 Å². The first-order valence-corrected chi connectivity index (χ1v) is 4.84. The van der Waals surface area contributed by atoms with E-state index in [1.54, 1.807) is 0 Å². The fourth-order valence-corrected chi connectivity index (χ4v) is 1.68. The van der Waals surface area contributed by atoms with Gasteiger partial charge < -0.3 is 14.8 Å². The molecule has 80 valence electrons. The van der Waals surface area contributed by atoms with Crippen molar-refractivity contribution in [1.82, 2.24) is 9.97 Å². The van der Waals surface area contributed by atoms with Crippen molar-refractivity contribution in [2.75, 3.05) is 7.11 Å². The van der Waals surface area contributed by atoms with E-state index >= 15 is 0 Å². The lowest BCUT2D eigenvalue weighted by Gasteiger charge is -2.15. The molecule has 1 aliphatic rings. The monoisotopic (exact) mass is 208 g/mol. The van der Waals surface area contributed by atoms with Crippen molar-refractivity contribution < 1.29 is 14.8 Å². The number of nitrogens with zero attached hydrogens (tertiary/aromatic N) is 2. The average Bonchev–Trinajstić information content (AvgIpc) is 2.96. The highest BCUT2D eigenvalue weighted by Crippen LogP contribution is 2.46. The topological polar surface area (TPSA) is 75.5 Å². The highest BCUT2D eigenvalue weighted by atomic mass is 16.5. The summed E-state index contributed by atoms with van der Waals surface area (Å²) in [7, 11) is -0.138. The zero-order chi connectivity index (χ0) is 11.1. The molecule has 1 aliphatic carbocycles. The Morgan fingerprint density at radius 3 is 2.53 bits per heavy atom. The van der Waals surface area contributed by atoms with E-state index in [0.717, 1.165) is 12.8 Å². The van der Waals surface area contributed by atoms with Crippen molar-refractivity contribution in [2.45, 2.75) is 25.2 Å². The van der Waals surface area contributed by atoms with Gasteiger partial charge in [0.1, 0.15) is 6.33 Å². The van der Waals surface area contributed by atoms with Gasteiger partial charge in [0, 0.05) is 5.41 Å². The molecule has 1 fully saturated rings. The van der Waals surface area contributed by atoms with Gasteiger partial charge in [0.2, 0.25) is 5.88 Å². The summed E-state index contributed by atoms with van der Waals surface area (Å²) >= 11 is 0. The molecule has 1 aromatic rings. The van der Waals surface area contributed by atoms with Crippen LogP contribution in [-0.4, -0.2) is 34.2 Å². The first-order valence-electron chi connectivity index (χ1n) is 4.84. The summed E-state index contributed by atoms with van der Waals surface area (Å²) in [6.45, 7) is 2.04. The Morgan fingerprint density at radius 2 is 2.07 bits per heavy atom. The second-order valence-corrected chi connectivity index (χ2v) is 4.08. The summed E-state index contributed by atoms with van der Waals surface area (Å²) in [6, 6.07) is 0. The third-order valence-electron chi connectivity index (χ3n) is 2.87. The average molecular weight is 208 g/mol. The highest BCUT2D eigenvalue weighted by molar-refractivity contribution is 6.60. The molecule has 0 radical (unpaired) electrons. The molecule has 0 amide bonds. The van der Waals surface area contributed by atoms with Crippen molar-refractivity contribution in [3.8, 4) is 5.88 Å². The molecule has 0 bridgehead atoms. The van der Waals surface area contributed by atoms with Gasteiger partial charge in [-0.25, -0.2) is 9.97 Å². The standard InChI is InChI=1S/C9H13BN2O3/c1-9(3-4-9)7-6(10(13)14)8(15-2)12-5-11-7/h5,13-14H,3-4H2,1-2H3. The molecule has 1 heterocycles. The van der Waals surface area contributed by atoms with Gasteiger partial charge in [-0.3, -0.25) is 0 Å². The highest BCUT2D eigenvalue weighted by Gasteiger charge is 2.44. The molecule has 0 aromatic carbocycles. The van der Waals surface area contributed by atoms with Crippen LogP contribution in [0.5, 0.6) is 5.88 Å². The van der Waals surface area contributed by atoms with E-state index in [0.29, 0.717) is 11.2 Å². The molecule has 0 aliphatic heterocycles. The molecule has 0 saturated heterocycles. The molecule has 6 heteroatoms. The molecule has 2 rings (SSSR count). The Bertz CT molecular complexity index is 380. The fraction of sp³-hybridized carbons (Fsp3) is 0.556. The zero-order valence-electron chi connectivity index (χ0n) is 8.77. The van der Waals surface area contributed by atoms with E-state index in [2.05, 4.69) is 9.97 Å². The van der Waals surface area contributed by atoms with Gasteiger partial charge in [-0.2, -0.15) is 0 Å². The molecular weight excluding hydrogens is 195 g/mol. The van der Waals surface area contributed by atoms with Crippen molar-refractivity contribution in [3.63, 3.8) is 0 Å². The SMILES string of the molecule is COc1ncnc(C2(C)CC2)c1B(O)O. The largest absolute Gasteiger partial charge is 0.495 e. The van der Waals surface area contributed by atoms with Gasteiger partial charge >= 0.3 is 7.12 Å². The molecule has 2 N–H and O–H groups in total. The maximum absolute atomic E-state index is 9.30. The second-order valence-electron chi connectivity index (χ2n) is 4.08. The first-order chi connectivity index (χ1) is 7.08. The van der Waals surface area contributed by atoms with Crippen LogP contribution in [0, 0.1) is 0 Å². The number of hydrogen-bond acceptors (Lipinski definition) is 5. The van der Waals surface area contributed by atoms with Gasteiger partial charge in [0.15, 0.2) is 0 Å². The summed E-state index contributed by atoms with van der Waals surface area (Å²) in [5.41, 5.74) is 0.930. The lowest BCUT2D eigenvalue weighted by atomic mass is 9.76. The van der Waals surface area contributed by atoms with Crippen LogP contribution in [0.4, 0.5) is 0 Å². The predicted molar refractivity (Wildman–Crippen MR) is 55.0 cm³/mol. The van der Waals surface area contributed by atoms with E-state index in [1.807, 2.05) is 6.92 Å². The first kappa shape index (κ1) is 10.4. The minimum Gasteiger partial charge on any atom is -0.481 e. The summed E-state index contributed by atoms with van der Waals surface area (Å²) in [5.74, 6) is 0.239. The van der Waals surface area contributed by atoms with E-state index in [9.17, 15) is 10.0 Å². The zero-order valence-corrected chi connectivity index (χ0v) is 8.77. The molecule has 1 saturated carbocycles. The Morgan fingerprint density at radius 1 is 1.40 bits per heavy atom. The van der Waals surface area contributed by atoms with Gasteiger partial charge in [-0.05, 0) is 12.8 Å². The molecular formula is C9H13BN2O3. The second kappa shape index (κ2) is 3.46. The maximum Gasteiger partial charge on any atom is 0.495 e. The molecule has 5 nitrogen and oxygen atoms in total.